The Hall–Kier alpha value is -1.35. The van der Waals surface area contributed by atoms with Gasteiger partial charge < -0.3 is 10.6 Å². The number of carbonyl (C=O) groups excluding carboxylic acids is 1. The van der Waals surface area contributed by atoms with Crippen molar-refractivity contribution in [3.05, 3.63) is 35.4 Å². The molecule has 1 amide bonds. The van der Waals surface area contributed by atoms with Gasteiger partial charge in [-0.15, -0.1) is 0 Å². The van der Waals surface area contributed by atoms with Gasteiger partial charge in [-0.2, -0.15) is 0 Å². The number of rotatable bonds is 2. The molecule has 2 rings (SSSR count). The van der Waals surface area contributed by atoms with Crippen molar-refractivity contribution < 1.29 is 4.79 Å². The van der Waals surface area contributed by atoms with E-state index >= 15 is 0 Å². The first kappa shape index (κ1) is 14.1. The molecule has 1 aromatic carbocycles. The number of hydrogen-bond acceptors (Lipinski definition) is 2. The molecule has 0 aromatic heterocycles. The van der Waals surface area contributed by atoms with E-state index in [4.69, 9.17) is 5.73 Å². The number of nitrogens with two attached hydrogens (primary N) is 1. The van der Waals surface area contributed by atoms with Gasteiger partial charge in [0.05, 0.1) is 0 Å². The summed E-state index contributed by atoms with van der Waals surface area (Å²) in [6.45, 7) is 6.84. The maximum Gasteiger partial charge on any atom is 0.253 e. The normalized spacial score (nSPS) is 19.0. The lowest BCUT2D eigenvalue weighted by molar-refractivity contribution is 0.0757. The Morgan fingerprint density at radius 3 is 2.53 bits per heavy atom. The van der Waals surface area contributed by atoms with Gasteiger partial charge in [-0.3, -0.25) is 4.79 Å². The van der Waals surface area contributed by atoms with Crippen LogP contribution in [0.3, 0.4) is 0 Å². The first-order valence-electron chi connectivity index (χ1n) is 7.10. The molecule has 19 heavy (non-hydrogen) atoms. The van der Waals surface area contributed by atoms with Gasteiger partial charge in [-0.25, -0.2) is 0 Å². The molecular formula is C16H24N2O. The third-order valence-electron chi connectivity index (χ3n) is 4.06. The minimum Gasteiger partial charge on any atom is -0.339 e. The van der Waals surface area contributed by atoms with Crippen LogP contribution in [0.15, 0.2) is 24.3 Å². The summed E-state index contributed by atoms with van der Waals surface area (Å²) < 4.78 is 0. The molecule has 0 unspecified atom stereocenters. The van der Waals surface area contributed by atoms with Crippen LogP contribution in [0.4, 0.5) is 0 Å². The molecule has 0 atom stereocenters. The topological polar surface area (TPSA) is 46.3 Å². The Bertz CT molecular complexity index is 437. The van der Waals surface area contributed by atoms with Crippen LogP contribution in [0.2, 0.25) is 0 Å². The van der Waals surface area contributed by atoms with Gasteiger partial charge in [0.1, 0.15) is 0 Å². The zero-order valence-corrected chi connectivity index (χ0v) is 12.0. The lowest BCUT2D eigenvalue weighted by atomic mass is 9.85. The van der Waals surface area contributed by atoms with Crippen LogP contribution in [-0.2, 0) is 6.54 Å². The van der Waals surface area contributed by atoms with Crippen molar-refractivity contribution in [2.45, 2.75) is 39.7 Å². The third kappa shape index (κ3) is 3.57. The summed E-state index contributed by atoms with van der Waals surface area (Å²) in [5.74, 6) is 0.154. The number of benzene rings is 1. The molecule has 0 aliphatic carbocycles. The SMILES string of the molecule is CC1(C)CCCN(C(=O)c2ccc(CN)cc2)CC1. The van der Waals surface area contributed by atoms with E-state index in [-0.39, 0.29) is 5.91 Å². The lowest BCUT2D eigenvalue weighted by Gasteiger charge is -2.23. The molecular weight excluding hydrogens is 236 g/mol. The molecule has 0 bridgehead atoms. The monoisotopic (exact) mass is 260 g/mol. The van der Waals surface area contributed by atoms with Gasteiger partial charge in [0.2, 0.25) is 0 Å². The molecule has 104 valence electrons. The molecule has 3 heteroatoms. The molecule has 3 nitrogen and oxygen atoms in total. The first-order chi connectivity index (χ1) is 9.02. The molecule has 0 saturated carbocycles. The third-order valence-corrected chi connectivity index (χ3v) is 4.06. The molecule has 1 aliphatic heterocycles. The van der Waals surface area contributed by atoms with Crippen molar-refractivity contribution in [2.75, 3.05) is 13.1 Å². The number of likely N-dealkylation sites (tertiary alicyclic amines) is 1. The summed E-state index contributed by atoms with van der Waals surface area (Å²) in [5.41, 5.74) is 7.77. The van der Waals surface area contributed by atoms with Gasteiger partial charge in [-0.1, -0.05) is 26.0 Å². The molecule has 2 N–H and O–H groups in total. The van der Waals surface area contributed by atoms with E-state index in [9.17, 15) is 4.79 Å². The molecule has 1 fully saturated rings. The van der Waals surface area contributed by atoms with Crippen molar-refractivity contribution in [3.8, 4) is 0 Å². The van der Waals surface area contributed by atoms with E-state index in [1.807, 2.05) is 29.2 Å². The van der Waals surface area contributed by atoms with Crippen molar-refractivity contribution in [1.29, 1.82) is 0 Å². The molecule has 0 spiro atoms. The van der Waals surface area contributed by atoms with E-state index < -0.39 is 0 Å². The van der Waals surface area contributed by atoms with E-state index in [1.165, 1.54) is 6.42 Å². The fourth-order valence-corrected chi connectivity index (χ4v) is 2.59. The average Bonchev–Trinajstić information content (AvgIpc) is 2.59. The highest BCUT2D eigenvalue weighted by molar-refractivity contribution is 5.94. The summed E-state index contributed by atoms with van der Waals surface area (Å²) in [6, 6.07) is 7.66. The fourth-order valence-electron chi connectivity index (χ4n) is 2.59. The molecule has 1 aliphatic rings. The lowest BCUT2D eigenvalue weighted by Crippen LogP contribution is -2.32. The second-order valence-electron chi connectivity index (χ2n) is 6.21. The van der Waals surface area contributed by atoms with Crippen molar-refractivity contribution in [1.82, 2.24) is 4.90 Å². The van der Waals surface area contributed by atoms with Crippen LogP contribution in [0.5, 0.6) is 0 Å². The van der Waals surface area contributed by atoms with Crippen LogP contribution in [0.25, 0.3) is 0 Å². The van der Waals surface area contributed by atoms with E-state index in [0.717, 1.165) is 37.1 Å². The van der Waals surface area contributed by atoms with Gasteiger partial charge in [0.25, 0.3) is 5.91 Å². The maximum atomic E-state index is 12.5. The fraction of sp³-hybridized carbons (Fsp3) is 0.562. The van der Waals surface area contributed by atoms with Gasteiger partial charge in [0, 0.05) is 25.2 Å². The van der Waals surface area contributed by atoms with E-state index in [2.05, 4.69) is 13.8 Å². The first-order valence-corrected chi connectivity index (χ1v) is 7.10. The number of hydrogen-bond donors (Lipinski definition) is 1. The summed E-state index contributed by atoms with van der Waals surface area (Å²) >= 11 is 0. The second kappa shape index (κ2) is 5.74. The minimum absolute atomic E-state index is 0.154. The number of nitrogens with zero attached hydrogens (tertiary/aromatic N) is 1. The molecule has 0 radical (unpaired) electrons. The van der Waals surface area contributed by atoms with Crippen LogP contribution in [-0.4, -0.2) is 23.9 Å². The Morgan fingerprint density at radius 1 is 1.21 bits per heavy atom. The van der Waals surface area contributed by atoms with Gasteiger partial charge in [0.15, 0.2) is 0 Å². The van der Waals surface area contributed by atoms with Gasteiger partial charge >= 0.3 is 0 Å². The predicted octanol–water partition coefficient (Wildman–Crippen LogP) is 2.80. The quantitative estimate of drug-likeness (QED) is 0.888. The van der Waals surface area contributed by atoms with E-state index in [0.29, 0.717) is 12.0 Å². The molecule has 1 saturated heterocycles. The zero-order valence-electron chi connectivity index (χ0n) is 12.0. The van der Waals surface area contributed by atoms with Crippen molar-refractivity contribution in [2.24, 2.45) is 11.1 Å². The molecule has 1 aromatic rings. The summed E-state index contributed by atoms with van der Waals surface area (Å²) in [4.78, 5) is 14.5. The zero-order chi connectivity index (χ0) is 13.9. The van der Waals surface area contributed by atoms with Crippen LogP contribution in [0, 0.1) is 5.41 Å². The Balaban J connectivity index is 2.06. The number of carbonyl (C=O) groups is 1. The second-order valence-corrected chi connectivity index (χ2v) is 6.21. The minimum atomic E-state index is 0.154. The standard InChI is InChI=1S/C16H24N2O/c1-16(2)8-3-10-18(11-9-16)15(19)14-6-4-13(12-17)5-7-14/h4-7H,3,8-12,17H2,1-2H3. The highest BCUT2D eigenvalue weighted by Gasteiger charge is 2.25. The highest BCUT2D eigenvalue weighted by Crippen LogP contribution is 2.30. The van der Waals surface area contributed by atoms with Gasteiger partial charge in [-0.05, 0) is 42.4 Å². The Kier molecular flexibility index (Phi) is 4.25. The summed E-state index contributed by atoms with van der Waals surface area (Å²) in [6.07, 6.45) is 3.38. The summed E-state index contributed by atoms with van der Waals surface area (Å²) in [7, 11) is 0. The summed E-state index contributed by atoms with van der Waals surface area (Å²) in [5, 5.41) is 0. The predicted molar refractivity (Wildman–Crippen MR) is 77.9 cm³/mol. The molecule has 1 heterocycles. The number of amides is 1. The maximum absolute atomic E-state index is 12.5. The van der Waals surface area contributed by atoms with Crippen molar-refractivity contribution in [3.63, 3.8) is 0 Å². The Labute approximate surface area is 115 Å². The smallest absolute Gasteiger partial charge is 0.253 e. The van der Waals surface area contributed by atoms with Crippen LogP contribution < -0.4 is 5.73 Å². The average molecular weight is 260 g/mol. The van der Waals surface area contributed by atoms with Crippen molar-refractivity contribution >= 4 is 5.91 Å². The highest BCUT2D eigenvalue weighted by atomic mass is 16.2. The van der Waals surface area contributed by atoms with Crippen LogP contribution >= 0.6 is 0 Å². The van der Waals surface area contributed by atoms with Crippen LogP contribution in [0.1, 0.15) is 49.0 Å². The largest absolute Gasteiger partial charge is 0.339 e. The Morgan fingerprint density at radius 2 is 1.89 bits per heavy atom. The van der Waals surface area contributed by atoms with E-state index in [1.54, 1.807) is 0 Å².